The highest BCUT2D eigenvalue weighted by Gasteiger charge is 2.31. The van der Waals surface area contributed by atoms with Crippen LogP contribution in [0, 0.1) is 0 Å². The Kier molecular flexibility index (Phi) is 5.09. The molecule has 170 valence electrons. The number of fused-ring (bicyclic) bond motifs is 2. The van der Waals surface area contributed by atoms with Gasteiger partial charge in [-0.3, -0.25) is 14.3 Å². The summed E-state index contributed by atoms with van der Waals surface area (Å²) in [4.78, 5) is 39.2. The average molecular weight is 447 g/mol. The Bertz CT molecular complexity index is 1380. The van der Waals surface area contributed by atoms with Crippen molar-refractivity contribution in [2.75, 3.05) is 13.1 Å². The molecule has 1 aliphatic rings. The third-order valence-corrected chi connectivity index (χ3v) is 6.13. The van der Waals surface area contributed by atoms with Gasteiger partial charge in [-0.25, -0.2) is 9.97 Å². The molecular formula is C23H26N8O2. The molecule has 10 heteroatoms. The van der Waals surface area contributed by atoms with Gasteiger partial charge in [0.2, 0.25) is 5.91 Å². The van der Waals surface area contributed by atoms with E-state index in [1.165, 1.54) is 5.56 Å². The molecule has 1 fully saturated rings. The number of nitrogens with two attached hydrogens (primary N) is 1. The Balaban J connectivity index is 1.45. The molecule has 2 amide bonds. The summed E-state index contributed by atoms with van der Waals surface area (Å²) < 4.78 is 1.83. The third kappa shape index (κ3) is 3.62. The molecule has 1 aromatic carbocycles. The summed E-state index contributed by atoms with van der Waals surface area (Å²) in [7, 11) is 1.90. The molecule has 0 saturated carbocycles. The van der Waals surface area contributed by atoms with E-state index in [4.69, 9.17) is 10.7 Å². The number of benzene rings is 1. The van der Waals surface area contributed by atoms with Crippen molar-refractivity contribution in [1.82, 2.24) is 34.9 Å². The zero-order valence-corrected chi connectivity index (χ0v) is 18.8. The van der Waals surface area contributed by atoms with E-state index in [9.17, 15) is 9.59 Å². The first-order valence-corrected chi connectivity index (χ1v) is 11.0. The Morgan fingerprint density at radius 1 is 1.33 bits per heavy atom. The molecular weight excluding hydrogens is 420 g/mol. The molecule has 3 aromatic heterocycles. The maximum Gasteiger partial charge on any atom is 0.255 e. The number of aromatic amines is 1. The van der Waals surface area contributed by atoms with Crippen LogP contribution in [-0.2, 0) is 18.3 Å². The maximum atomic E-state index is 12.9. The second-order valence-corrected chi connectivity index (χ2v) is 8.53. The quantitative estimate of drug-likeness (QED) is 0.424. The smallest absolute Gasteiger partial charge is 0.255 e. The number of carbonyl (C=O) groups excluding carboxylic acids is 2. The molecule has 0 radical (unpaired) electrons. The standard InChI is InChI=1S/C23H26N8O2/c1-4-13-5-6-15-18(7-13)30(3)29-19(15)17-9-26-21-20(28-17)16(8-25-21)22(32)27-12(2)23(33)31-10-14(24)11-31/h5-9,12,14H,4,10-11,24H2,1-3H3,(H,25,26)(H,27,32)/t12-/m1/s1. The number of rotatable bonds is 5. The molecule has 4 aromatic rings. The number of carbonyl (C=O) groups is 2. The molecule has 4 N–H and O–H groups in total. The van der Waals surface area contributed by atoms with Crippen molar-refractivity contribution in [1.29, 1.82) is 0 Å². The van der Waals surface area contributed by atoms with Crippen molar-refractivity contribution in [3.63, 3.8) is 0 Å². The van der Waals surface area contributed by atoms with E-state index in [-0.39, 0.29) is 11.9 Å². The van der Waals surface area contributed by atoms with Crippen molar-refractivity contribution in [2.45, 2.75) is 32.4 Å². The highest BCUT2D eigenvalue weighted by atomic mass is 16.2. The summed E-state index contributed by atoms with van der Waals surface area (Å²) in [5, 5.41) is 8.39. The zero-order chi connectivity index (χ0) is 23.3. The largest absolute Gasteiger partial charge is 0.344 e. The van der Waals surface area contributed by atoms with Gasteiger partial charge in [-0.05, 0) is 25.0 Å². The fraction of sp³-hybridized carbons (Fsp3) is 0.348. The topological polar surface area (TPSA) is 135 Å². The van der Waals surface area contributed by atoms with E-state index in [2.05, 4.69) is 39.4 Å². The minimum atomic E-state index is -0.668. The van der Waals surface area contributed by atoms with Crippen LogP contribution in [0.15, 0.2) is 30.6 Å². The number of likely N-dealkylation sites (tertiary alicyclic amines) is 1. The second-order valence-electron chi connectivity index (χ2n) is 8.53. The first kappa shape index (κ1) is 21.1. The molecule has 0 aliphatic carbocycles. The molecule has 0 unspecified atom stereocenters. The van der Waals surface area contributed by atoms with Crippen molar-refractivity contribution in [3.8, 4) is 11.4 Å². The monoisotopic (exact) mass is 446 g/mol. The number of hydrogen-bond donors (Lipinski definition) is 3. The summed E-state index contributed by atoms with van der Waals surface area (Å²) in [6, 6.07) is 5.59. The van der Waals surface area contributed by atoms with Gasteiger partial charge in [0.15, 0.2) is 5.65 Å². The highest BCUT2D eigenvalue weighted by Crippen LogP contribution is 2.28. The van der Waals surface area contributed by atoms with Gasteiger partial charge < -0.3 is 20.9 Å². The molecule has 1 aliphatic heterocycles. The molecule has 5 rings (SSSR count). The Hall–Kier alpha value is -3.79. The van der Waals surface area contributed by atoms with E-state index >= 15 is 0 Å². The number of hydrogen-bond acceptors (Lipinski definition) is 6. The molecule has 33 heavy (non-hydrogen) atoms. The van der Waals surface area contributed by atoms with Gasteiger partial charge in [0.05, 0.1) is 17.3 Å². The lowest BCUT2D eigenvalue weighted by Crippen LogP contribution is -2.61. The minimum Gasteiger partial charge on any atom is -0.344 e. The lowest BCUT2D eigenvalue weighted by molar-refractivity contribution is -0.137. The van der Waals surface area contributed by atoms with Crippen molar-refractivity contribution < 1.29 is 9.59 Å². The number of aryl methyl sites for hydroxylation is 2. The normalized spacial score (nSPS) is 15.1. The average Bonchev–Trinajstić information content (AvgIpc) is 3.36. The van der Waals surface area contributed by atoms with Crippen LogP contribution in [0.3, 0.4) is 0 Å². The van der Waals surface area contributed by atoms with Crippen LogP contribution >= 0.6 is 0 Å². The number of amides is 2. The summed E-state index contributed by atoms with van der Waals surface area (Å²) in [5.41, 5.74) is 10.5. The van der Waals surface area contributed by atoms with Crippen molar-refractivity contribution >= 4 is 33.9 Å². The first-order valence-electron chi connectivity index (χ1n) is 11.0. The highest BCUT2D eigenvalue weighted by molar-refractivity contribution is 6.06. The van der Waals surface area contributed by atoms with Crippen LogP contribution in [0.5, 0.6) is 0 Å². The van der Waals surface area contributed by atoms with Crippen LogP contribution < -0.4 is 11.1 Å². The van der Waals surface area contributed by atoms with Gasteiger partial charge in [-0.1, -0.05) is 19.1 Å². The van der Waals surface area contributed by atoms with Crippen molar-refractivity contribution in [3.05, 3.63) is 41.7 Å². The number of H-pyrrole nitrogens is 1. The zero-order valence-electron chi connectivity index (χ0n) is 18.8. The van der Waals surface area contributed by atoms with E-state index in [0.717, 1.165) is 17.3 Å². The van der Waals surface area contributed by atoms with Gasteiger partial charge in [0.25, 0.3) is 5.91 Å². The van der Waals surface area contributed by atoms with Gasteiger partial charge in [-0.15, -0.1) is 0 Å². The van der Waals surface area contributed by atoms with E-state index < -0.39 is 11.9 Å². The number of nitrogens with one attached hydrogen (secondary N) is 2. The van der Waals surface area contributed by atoms with Crippen LogP contribution in [0.4, 0.5) is 0 Å². The van der Waals surface area contributed by atoms with Gasteiger partial charge in [-0.2, -0.15) is 5.10 Å². The fourth-order valence-electron chi connectivity index (χ4n) is 4.19. The van der Waals surface area contributed by atoms with Crippen LogP contribution in [0.25, 0.3) is 33.5 Å². The second kappa shape index (κ2) is 7.96. The van der Waals surface area contributed by atoms with Gasteiger partial charge in [0, 0.05) is 37.8 Å². The van der Waals surface area contributed by atoms with Crippen LogP contribution in [-0.4, -0.2) is 66.6 Å². The van der Waals surface area contributed by atoms with E-state index in [1.54, 1.807) is 24.2 Å². The number of nitrogens with zero attached hydrogens (tertiary/aromatic N) is 5. The van der Waals surface area contributed by atoms with Crippen molar-refractivity contribution in [2.24, 2.45) is 12.8 Å². The predicted molar refractivity (Wildman–Crippen MR) is 124 cm³/mol. The molecule has 10 nitrogen and oxygen atoms in total. The molecule has 1 atom stereocenters. The summed E-state index contributed by atoms with van der Waals surface area (Å²) >= 11 is 0. The SMILES string of the molecule is CCc1ccc2c(-c3cnc4[nH]cc(C(=O)N[C@H](C)C(=O)N5CC(N)C5)c4n3)nn(C)c2c1. The van der Waals surface area contributed by atoms with Crippen LogP contribution in [0.2, 0.25) is 0 Å². The predicted octanol–water partition coefficient (Wildman–Crippen LogP) is 1.36. The van der Waals surface area contributed by atoms with Crippen LogP contribution in [0.1, 0.15) is 29.8 Å². The lowest BCUT2D eigenvalue weighted by atomic mass is 10.1. The molecule has 0 spiro atoms. The molecule has 1 saturated heterocycles. The van der Waals surface area contributed by atoms with E-state index in [0.29, 0.717) is 41.2 Å². The summed E-state index contributed by atoms with van der Waals surface area (Å²) in [6.07, 6.45) is 4.15. The maximum absolute atomic E-state index is 12.9. The third-order valence-electron chi connectivity index (χ3n) is 6.13. The summed E-state index contributed by atoms with van der Waals surface area (Å²) in [6.45, 7) is 4.81. The Morgan fingerprint density at radius 3 is 2.85 bits per heavy atom. The fourth-order valence-corrected chi connectivity index (χ4v) is 4.19. The lowest BCUT2D eigenvalue weighted by Gasteiger charge is -2.38. The summed E-state index contributed by atoms with van der Waals surface area (Å²) in [5.74, 6) is -0.542. The van der Waals surface area contributed by atoms with E-state index in [1.807, 2.05) is 17.8 Å². The Morgan fingerprint density at radius 2 is 2.12 bits per heavy atom. The Labute approximate surface area is 190 Å². The van der Waals surface area contributed by atoms with Gasteiger partial charge in [0.1, 0.15) is 22.9 Å². The molecule has 4 heterocycles. The number of aromatic nitrogens is 5. The van der Waals surface area contributed by atoms with Gasteiger partial charge >= 0.3 is 0 Å². The molecule has 0 bridgehead atoms. The first-order chi connectivity index (χ1) is 15.9. The minimum absolute atomic E-state index is 0.00963.